The minimum atomic E-state index is -0.331. The highest BCUT2D eigenvalue weighted by atomic mass is 16.5. The lowest BCUT2D eigenvalue weighted by Gasteiger charge is -2.12. The molecule has 0 spiro atoms. The van der Waals surface area contributed by atoms with E-state index >= 15 is 0 Å². The van der Waals surface area contributed by atoms with E-state index < -0.39 is 0 Å². The molecule has 0 fully saturated rings. The van der Waals surface area contributed by atoms with Crippen LogP contribution >= 0.6 is 0 Å². The van der Waals surface area contributed by atoms with E-state index in [0.717, 1.165) is 5.56 Å². The van der Waals surface area contributed by atoms with Crippen molar-refractivity contribution in [3.63, 3.8) is 0 Å². The van der Waals surface area contributed by atoms with Crippen LogP contribution in [-0.2, 0) is 4.79 Å². The minimum absolute atomic E-state index is 0.176. The number of benzene rings is 2. The van der Waals surface area contributed by atoms with Gasteiger partial charge in [0.2, 0.25) is 0 Å². The Kier molecular flexibility index (Phi) is 7.43. The number of hydrogen-bond donors (Lipinski definition) is 2. The van der Waals surface area contributed by atoms with Crippen molar-refractivity contribution in [3.8, 4) is 11.5 Å². The lowest BCUT2D eigenvalue weighted by Crippen LogP contribution is -2.23. The van der Waals surface area contributed by atoms with Gasteiger partial charge in [-0.2, -0.15) is 0 Å². The lowest BCUT2D eigenvalue weighted by molar-refractivity contribution is -0.118. The van der Waals surface area contributed by atoms with Crippen molar-refractivity contribution in [2.75, 3.05) is 25.6 Å². The van der Waals surface area contributed by atoms with Gasteiger partial charge in [0.15, 0.2) is 18.1 Å². The summed E-state index contributed by atoms with van der Waals surface area (Å²) in [6.45, 7) is 4.14. The maximum absolute atomic E-state index is 12.2. The van der Waals surface area contributed by atoms with Crippen molar-refractivity contribution in [3.05, 3.63) is 59.7 Å². The Balaban J connectivity index is 1.99. The van der Waals surface area contributed by atoms with Gasteiger partial charge >= 0.3 is 0 Å². The van der Waals surface area contributed by atoms with Crippen LogP contribution in [0.15, 0.2) is 48.5 Å². The van der Waals surface area contributed by atoms with Gasteiger partial charge in [0.25, 0.3) is 11.8 Å². The molecule has 2 N–H and O–H groups in total. The fourth-order valence-electron chi connectivity index (χ4n) is 2.44. The first-order valence-electron chi connectivity index (χ1n) is 8.69. The summed E-state index contributed by atoms with van der Waals surface area (Å²) < 4.78 is 10.9. The van der Waals surface area contributed by atoms with Crippen LogP contribution in [0.3, 0.4) is 0 Å². The van der Waals surface area contributed by atoms with Gasteiger partial charge in [-0.15, -0.1) is 0 Å². The predicted octanol–water partition coefficient (Wildman–Crippen LogP) is 3.50. The normalized spacial score (nSPS) is 10.5. The van der Waals surface area contributed by atoms with Crippen LogP contribution in [0.2, 0.25) is 0 Å². The molecule has 0 atom stereocenters. The van der Waals surface area contributed by atoms with Gasteiger partial charge in [0.05, 0.1) is 7.11 Å². The average Bonchev–Trinajstić information content (AvgIpc) is 2.67. The zero-order valence-corrected chi connectivity index (χ0v) is 15.7. The van der Waals surface area contributed by atoms with Gasteiger partial charge in [-0.05, 0) is 49.7 Å². The van der Waals surface area contributed by atoms with Crippen LogP contribution in [-0.4, -0.2) is 32.1 Å². The lowest BCUT2D eigenvalue weighted by atomic mass is 10.2. The van der Waals surface area contributed by atoms with E-state index in [1.165, 1.54) is 0 Å². The molecule has 6 nitrogen and oxygen atoms in total. The van der Waals surface area contributed by atoms with Gasteiger partial charge in [0, 0.05) is 17.8 Å². The molecule has 0 bridgehead atoms. The highest BCUT2D eigenvalue weighted by molar-refractivity contribution is 5.97. The molecule has 2 aromatic carbocycles. The first-order valence-corrected chi connectivity index (χ1v) is 8.69. The Morgan fingerprint density at radius 1 is 1.11 bits per heavy atom. The summed E-state index contributed by atoms with van der Waals surface area (Å²) in [4.78, 5) is 24.0. The monoisotopic (exact) mass is 368 g/mol. The molecule has 0 aliphatic carbocycles. The number of ether oxygens (including phenoxy) is 2. The molecule has 27 heavy (non-hydrogen) atoms. The van der Waals surface area contributed by atoms with Crippen LogP contribution in [0.1, 0.15) is 29.8 Å². The quantitative estimate of drug-likeness (QED) is 0.748. The molecule has 0 saturated carbocycles. The van der Waals surface area contributed by atoms with Crippen molar-refractivity contribution in [1.29, 1.82) is 0 Å². The summed E-state index contributed by atoms with van der Waals surface area (Å²) in [6, 6.07) is 12.2. The fourth-order valence-corrected chi connectivity index (χ4v) is 2.44. The van der Waals surface area contributed by atoms with Crippen LogP contribution in [0, 0.1) is 0 Å². The molecule has 2 amide bonds. The van der Waals surface area contributed by atoms with Crippen LogP contribution in [0.5, 0.6) is 11.5 Å². The third-order valence-corrected chi connectivity index (χ3v) is 3.65. The summed E-state index contributed by atoms with van der Waals surface area (Å²) in [5.74, 6) is 0.520. The van der Waals surface area contributed by atoms with Crippen molar-refractivity contribution in [2.45, 2.75) is 13.8 Å². The van der Waals surface area contributed by atoms with Crippen LogP contribution in [0.25, 0.3) is 6.08 Å². The van der Waals surface area contributed by atoms with Gasteiger partial charge < -0.3 is 20.1 Å². The number of carbonyl (C=O) groups is 2. The summed E-state index contributed by atoms with van der Waals surface area (Å²) in [6.07, 6.45) is 3.87. The number of methoxy groups -OCH3 is 1. The second-order valence-electron chi connectivity index (χ2n) is 5.69. The van der Waals surface area contributed by atoms with E-state index in [-0.39, 0.29) is 18.4 Å². The number of anilines is 1. The van der Waals surface area contributed by atoms with E-state index in [9.17, 15) is 9.59 Å². The van der Waals surface area contributed by atoms with E-state index in [1.807, 2.05) is 38.1 Å². The Morgan fingerprint density at radius 2 is 1.93 bits per heavy atom. The first kappa shape index (κ1) is 20.0. The molecule has 2 aromatic rings. The van der Waals surface area contributed by atoms with Crippen LogP contribution in [0.4, 0.5) is 5.69 Å². The van der Waals surface area contributed by atoms with Gasteiger partial charge in [-0.3, -0.25) is 9.59 Å². The maximum Gasteiger partial charge on any atom is 0.262 e. The van der Waals surface area contributed by atoms with Gasteiger partial charge in [-0.1, -0.05) is 24.3 Å². The molecular formula is C21H24N2O4. The first-order chi connectivity index (χ1) is 13.1. The third-order valence-electron chi connectivity index (χ3n) is 3.65. The van der Waals surface area contributed by atoms with Crippen molar-refractivity contribution < 1.29 is 19.1 Å². The number of nitrogens with one attached hydrogen (secondary N) is 2. The SMILES string of the molecule is C/C=C/c1ccc(OCC(=O)Nc2cccc(C(=O)NCC)c2)c(OC)c1. The second kappa shape index (κ2) is 10.0. The molecule has 2 rings (SSSR count). The van der Waals surface area contributed by atoms with Gasteiger partial charge in [0.1, 0.15) is 0 Å². The van der Waals surface area contributed by atoms with E-state index in [4.69, 9.17) is 9.47 Å². The molecule has 0 aliphatic heterocycles. The minimum Gasteiger partial charge on any atom is -0.493 e. The molecule has 0 aromatic heterocycles. The second-order valence-corrected chi connectivity index (χ2v) is 5.69. The summed E-state index contributed by atoms with van der Waals surface area (Å²) >= 11 is 0. The molecule has 0 heterocycles. The predicted molar refractivity (Wildman–Crippen MR) is 106 cm³/mol. The summed E-state index contributed by atoms with van der Waals surface area (Å²) in [7, 11) is 1.55. The largest absolute Gasteiger partial charge is 0.493 e. The molecule has 0 unspecified atom stereocenters. The zero-order valence-electron chi connectivity index (χ0n) is 15.7. The van der Waals surface area contributed by atoms with E-state index in [0.29, 0.717) is 29.3 Å². The number of allylic oxidation sites excluding steroid dienone is 1. The summed E-state index contributed by atoms with van der Waals surface area (Å²) in [5.41, 5.74) is 1.99. The van der Waals surface area contributed by atoms with E-state index in [1.54, 1.807) is 37.4 Å². The summed E-state index contributed by atoms with van der Waals surface area (Å²) in [5, 5.41) is 5.44. The third kappa shape index (κ3) is 5.88. The molecule has 0 saturated heterocycles. The molecule has 0 radical (unpaired) electrons. The molecule has 0 aliphatic rings. The number of hydrogen-bond acceptors (Lipinski definition) is 4. The maximum atomic E-state index is 12.2. The van der Waals surface area contributed by atoms with Crippen molar-refractivity contribution >= 4 is 23.6 Å². The smallest absolute Gasteiger partial charge is 0.262 e. The Bertz CT molecular complexity index is 831. The molecular weight excluding hydrogens is 344 g/mol. The standard InChI is InChI=1S/C21H24N2O4/c1-4-7-15-10-11-18(19(12-15)26-3)27-14-20(24)23-17-9-6-8-16(13-17)21(25)22-5-2/h4,6-13H,5,14H2,1-3H3,(H,22,25)(H,23,24)/b7-4+. The number of amides is 2. The van der Waals surface area contributed by atoms with Crippen molar-refractivity contribution in [2.24, 2.45) is 0 Å². The Hall–Kier alpha value is -3.28. The Labute approximate surface area is 159 Å². The van der Waals surface area contributed by atoms with Crippen molar-refractivity contribution in [1.82, 2.24) is 5.32 Å². The zero-order chi connectivity index (χ0) is 19.6. The fraction of sp³-hybridized carbons (Fsp3) is 0.238. The average molecular weight is 368 g/mol. The highest BCUT2D eigenvalue weighted by Crippen LogP contribution is 2.28. The molecule has 142 valence electrons. The topological polar surface area (TPSA) is 76.7 Å². The number of carbonyl (C=O) groups excluding carboxylic acids is 2. The van der Waals surface area contributed by atoms with E-state index in [2.05, 4.69) is 10.6 Å². The molecule has 6 heteroatoms. The highest BCUT2D eigenvalue weighted by Gasteiger charge is 2.10. The number of rotatable bonds is 8. The Morgan fingerprint density at radius 3 is 2.63 bits per heavy atom. The van der Waals surface area contributed by atoms with Gasteiger partial charge in [-0.25, -0.2) is 0 Å². The van der Waals surface area contributed by atoms with Crippen LogP contribution < -0.4 is 20.1 Å².